The number of rotatable bonds is 7. The number of carbonyl (C=O) groups is 1. The van der Waals surface area contributed by atoms with Gasteiger partial charge in [-0.15, -0.1) is 0 Å². The Morgan fingerprint density at radius 3 is 1.88 bits per heavy atom. The van der Waals surface area contributed by atoms with E-state index in [4.69, 9.17) is 0 Å². The molecule has 1 aromatic heterocycles. The zero-order chi connectivity index (χ0) is 25.3. The first kappa shape index (κ1) is 27.6. The summed E-state index contributed by atoms with van der Waals surface area (Å²) in [4.78, 5) is 16.7. The van der Waals surface area contributed by atoms with Crippen molar-refractivity contribution in [3.63, 3.8) is 0 Å². The lowest BCUT2D eigenvalue weighted by molar-refractivity contribution is -0.155. The molecule has 0 radical (unpaired) electrons. The maximum atomic E-state index is 12.0. The largest absolute Gasteiger partial charge is 0.468 e. The summed E-state index contributed by atoms with van der Waals surface area (Å²) >= 11 is 0. The number of hydrogen-bond acceptors (Lipinski definition) is 6. The Kier molecular flexibility index (Phi) is 9.54. The second kappa shape index (κ2) is 11.4. The van der Waals surface area contributed by atoms with E-state index in [9.17, 15) is 44.3 Å². The van der Waals surface area contributed by atoms with Crippen LogP contribution in [0.3, 0.4) is 0 Å². The number of carbonyl (C=O) groups excluding carboxylic acids is 1. The highest BCUT2D eigenvalue weighted by molar-refractivity contribution is 5.71. The molecule has 2 aromatic rings. The molecule has 0 aliphatic rings. The van der Waals surface area contributed by atoms with Gasteiger partial charge in [0.25, 0.3) is 0 Å². The summed E-state index contributed by atoms with van der Waals surface area (Å²) in [5, 5.41) is 4.67. The smallest absolute Gasteiger partial charge is 0.422 e. The first-order chi connectivity index (χ1) is 15.1. The van der Waals surface area contributed by atoms with Gasteiger partial charge < -0.3 is 20.1 Å². The number of alkyl halides is 9. The number of amides is 1. The van der Waals surface area contributed by atoms with Gasteiger partial charge in [0.15, 0.2) is 13.2 Å². The van der Waals surface area contributed by atoms with Crippen molar-refractivity contribution in [2.75, 3.05) is 30.9 Å². The van der Waals surface area contributed by atoms with Crippen LogP contribution in [0.4, 0.5) is 51.0 Å². The maximum Gasteiger partial charge on any atom is 0.422 e. The van der Waals surface area contributed by atoms with Crippen molar-refractivity contribution in [3.8, 4) is 11.9 Å². The summed E-state index contributed by atoms with van der Waals surface area (Å²) in [6, 6.07) is 4.45. The number of hydrogen-bond donors (Lipinski definition) is 2. The van der Waals surface area contributed by atoms with Crippen molar-refractivity contribution >= 4 is 17.9 Å². The lowest BCUT2D eigenvalue weighted by Gasteiger charge is -2.12. The van der Waals surface area contributed by atoms with Crippen LogP contribution in [0.15, 0.2) is 30.3 Å². The molecule has 0 fully saturated rings. The van der Waals surface area contributed by atoms with E-state index in [1.807, 2.05) is 0 Å². The Labute approximate surface area is 179 Å². The van der Waals surface area contributed by atoms with Crippen molar-refractivity contribution < 1.29 is 53.8 Å². The van der Waals surface area contributed by atoms with Crippen molar-refractivity contribution in [1.29, 1.82) is 0 Å². The van der Waals surface area contributed by atoms with Crippen LogP contribution in [-0.4, -0.2) is 49.0 Å². The first-order valence-electron chi connectivity index (χ1n) is 8.46. The molecule has 33 heavy (non-hydrogen) atoms. The molecule has 0 bridgehead atoms. The fraction of sp³-hybridized carbons (Fsp3) is 0.353. The quantitative estimate of drug-likeness (QED) is 0.430. The minimum absolute atomic E-state index is 0.0469. The van der Waals surface area contributed by atoms with Gasteiger partial charge >= 0.3 is 24.5 Å². The van der Waals surface area contributed by atoms with Gasteiger partial charge in [0, 0.05) is 18.8 Å². The Morgan fingerprint density at radius 2 is 1.42 bits per heavy atom. The number of anilines is 2. The number of aromatic nitrogens is 2. The fourth-order valence-corrected chi connectivity index (χ4v) is 1.80. The molecule has 0 unspecified atom stereocenters. The predicted octanol–water partition coefficient (Wildman–Crippen LogP) is 4.67. The molecule has 7 nitrogen and oxygen atoms in total. The van der Waals surface area contributed by atoms with E-state index in [2.05, 4.69) is 30.1 Å². The minimum Gasteiger partial charge on any atom is -0.468 e. The van der Waals surface area contributed by atoms with Crippen molar-refractivity contribution in [1.82, 2.24) is 9.97 Å². The summed E-state index contributed by atoms with van der Waals surface area (Å²) < 4.78 is 116. The van der Waals surface area contributed by atoms with Crippen LogP contribution in [0.5, 0.6) is 11.9 Å². The summed E-state index contributed by atoms with van der Waals surface area (Å²) in [5.41, 5.74) is -0.396. The van der Waals surface area contributed by atoms with E-state index < -0.39 is 49.2 Å². The molecule has 0 saturated heterocycles. The fourth-order valence-electron chi connectivity index (χ4n) is 1.80. The van der Waals surface area contributed by atoms with Gasteiger partial charge in [0.2, 0.25) is 12.3 Å². The normalized spacial score (nSPS) is 11.7. The topological polar surface area (TPSA) is 85.4 Å². The Morgan fingerprint density at radius 1 is 0.879 bits per heavy atom. The standard InChI is InChI=1S/C9H9F6N3O2.C8H6F3NO/c1-16-5-2-6(19-3-8(10,11)12)18-7(17-5)20-4-9(13,14)15;9-8(10,11)6-1-3-7(4-2-6)12-5-13/h2H,3-4H2,1H3,(H,16,17,18);1-5H,(H,12,13). The van der Waals surface area contributed by atoms with Gasteiger partial charge in [-0.1, -0.05) is 0 Å². The second-order valence-electron chi connectivity index (χ2n) is 5.77. The van der Waals surface area contributed by atoms with Gasteiger partial charge in [-0.25, -0.2) is 0 Å². The number of ether oxygens (including phenoxy) is 2. The van der Waals surface area contributed by atoms with Crippen molar-refractivity contribution in [3.05, 3.63) is 35.9 Å². The summed E-state index contributed by atoms with van der Waals surface area (Å²) in [7, 11) is 1.36. The summed E-state index contributed by atoms with van der Waals surface area (Å²) in [6.07, 6.45) is -13.1. The zero-order valence-corrected chi connectivity index (χ0v) is 16.4. The lowest BCUT2D eigenvalue weighted by Crippen LogP contribution is -2.21. The third-order valence-electron chi connectivity index (χ3n) is 3.12. The molecule has 0 atom stereocenters. The van der Waals surface area contributed by atoms with Crippen LogP contribution in [-0.2, 0) is 11.0 Å². The van der Waals surface area contributed by atoms with E-state index in [1.165, 1.54) is 19.2 Å². The molecule has 0 saturated carbocycles. The SMILES string of the molecule is CNc1cc(OCC(F)(F)F)nc(OCC(F)(F)F)n1.O=CNc1ccc(C(F)(F)F)cc1. The Hall–Kier alpha value is -3.46. The number of benzene rings is 1. The van der Waals surface area contributed by atoms with E-state index in [0.29, 0.717) is 12.1 Å². The highest BCUT2D eigenvalue weighted by atomic mass is 19.4. The van der Waals surface area contributed by atoms with Gasteiger partial charge in [0.1, 0.15) is 5.82 Å². The third-order valence-corrected chi connectivity index (χ3v) is 3.12. The van der Waals surface area contributed by atoms with Crippen molar-refractivity contribution in [2.24, 2.45) is 0 Å². The maximum absolute atomic E-state index is 12.0. The Bertz CT molecular complexity index is 849. The Balaban J connectivity index is 0.000000361. The zero-order valence-electron chi connectivity index (χ0n) is 16.4. The molecule has 0 aliphatic heterocycles. The van der Waals surface area contributed by atoms with Crippen LogP contribution < -0.4 is 20.1 Å². The number of nitrogens with one attached hydrogen (secondary N) is 2. The number of halogens is 9. The third kappa shape index (κ3) is 11.6. The van der Waals surface area contributed by atoms with Gasteiger partial charge in [-0.3, -0.25) is 4.79 Å². The molecule has 1 heterocycles. The highest BCUT2D eigenvalue weighted by Crippen LogP contribution is 2.29. The molecular weight excluding hydrogens is 479 g/mol. The monoisotopic (exact) mass is 494 g/mol. The molecule has 16 heteroatoms. The van der Waals surface area contributed by atoms with E-state index >= 15 is 0 Å². The lowest BCUT2D eigenvalue weighted by atomic mass is 10.2. The molecule has 1 amide bonds. The molecule has 2 N–H and O–H groups in total. The van der Waals surface area contributed by atoms with Crippen LogP contribution >= 0.6 is 0 Å². The van der Waals surface area contributed by atoms with Crippen LogP contribution in [0.1, 0.15) is 5.56 Å². The first-order valence-corrected chi connectivity index (χ1v) is 8.46. The van der Waals surface area contributed by atoms with E-state index in [-0.39, 0.29) is 5.82 Å². The minimum atomic E-state index is -4.62. The molecule has 0 spiro atoms. The average Bonchev–Trinajstić information content (AvgIpc) is 2.70. The molecule has 2 rings (SSSR count). The van der Waals surface area contributed by atoms with E-state index in [1.54, 1.807) is 0 Å². The van der Waals surface area contributed by atoms with E-state index in [0.717, 1.165) is 18.2 Å². The molecule has 184 valence electrons. The van der Waals surface area contributed by atoms with Gasteiger partial charge in [-0.05, 0) is 24.3 Å². The summed E-state index contributed by atoms with van der Waals surface area (Å²) in [6.45, 7) is -3.30. The van der Waals surface area contributed by atoms with Crippen LogP contribution in [0.2, 0.25) is 0 Å². The predicted molar refractivity (Wildman–Crippen MR) is 95.8 cm³/mol. The van der Waals surface area contributed by atoms with Crippen LogP contribution in [0, 0.1) is 0 Å². The molecule has 1 aromatic carbocycles. The molecule has 0 aliphatic carbocycles. The highest BCUT2D eigenvalue weighted by Gasteiger charge is 2.31. The second-order valence-corrected chi connectivity index (χ2v) is 5.77. The molecular formula is C17H15F9N4O3. The van der Waals surface area contributed by atoms with Crippen LogP contribution in [0.25, 0.3) is 0 Å². The van der Waals surface area contributed by atoms with Gasteiger partial charge in [0.05, 0.1) is 5.56 Å². The average molecular weight is 494 g/mol. The van der Waals surface area contributed by atoms with Gasteiger partial charge in [-0.2, -0.15) is 49.5 Å². The number of nitrogens with zero attached hydrogens (tertiary/aromatic N) is 2. The summed E-state index contributed by atoms with van der Waals surface area (Å²) in [5.74, 6) is -0.604. The van der Waals surface area contributed by atoms with Crippen molar-refractivity contribution in [2.45, 2.75) is 18.5 Å².